The molecule has 21 heavy (non-hydrogen) atoms. The summed E-state index contributed by atoms with van der Waals surface area (Å²) < 4.78 is 15.3. The topological polar surface area (TPSA) is 64.1 Å². The zero-order valence-electron chi connectivity index (χ0n) is 13.7. The number of ether oxygens (including phenoxy) is 3. The molecule has 0 bridgehead atoms. The van der Waals surface area contributed by atoms with Gasteiger partial charge in [0.1, 0.15) is 0 Å². The lowest BCUT2D eigenvalue weighted by Crippen LogP contribution is -2.38. The second-order valence-electron chi connectivity index (χ2n) is 4.35. The first kappa shape index (κ1) is 23.2. The third kappa shape index (κ3) is 17.8. The predicted molar refractivity (Wildman–Crippen MR) is 97.8 cm³/mol. The Bertz CT molecular complexity index is 232. The number of unbranched alkanes of at least 4 members (excludes halogenated alkanes) is 1. The van der Waals surface area contributed by atoms with E-state index in [0.717, 1.165) is 58.1 Å². The molecule has 0 aliphatic heterocycles. The second kappa shape index (κ2) is 19.9. The van der Waals surface area contributed by atoms with Crippen LogP contribution in [0.4, 0.5) is 0 Å². The van der Waals surface area contributed by atoms with Gasteiger partial charge >= 0.3 is 0 Å². The van der Waals surface area contributed by atoms with E-state index in [1.807, 2.05) is 0 Å². The molecule has 0 fully saturated rings. The van der Waals surface area contributed by atoms with Crippen LogP contribution in [0, 0.1) is 0 Å². The van der Waals surface area contributed by atoms with Crippen molar-refractivity contribution in [2.24, 2.45) is 4.99 Å². The van der Waals surface area contributed by atoms with Crippen LogP contribution in [0.2, 0.25) is 0 Å². The highest BCUT2D eigenvalue weighted by Gasteiger charge is 1.96. The van der Waals surface area contributed by atoms with Crippen molar-refractivity contribution in [3.05, 3.63) is 0 Å². The third-order valence-electron chi connectivity index (χ3n) is 2.56. The minimum Gasteiger partial charge on any atom is -0.385 e. The van der Waals surface area contributed by atoms with E-state index in [-0.39, 0.29) is 24.0 Å². The van der Waals surface area contributed by atoms with Gasteiger partial charge in [-0.1, -0.05) is 0 Å². The van der Waals surface area contributed by atoms with Crippen molar-refractivity contribution in [3.8, 4) is 0 Å². The Hall–Kier alpha value is -0.120. The number of rotatable bonds is 13. The van der Waals surface area contributed by atoms with Gasteiger partial charge in [-0.25, -0.2) is 0 Å². The number of nitrogens with zero attached hydrogens (tertiary/aromatic N) is 1. The Labute approximate surface area is 146 Å². The third-order valence-corrected chi connectivity index (χ3v) is 2.56. The number of hydrogen-bond acceptors (Lipinski definition) is 4. The Morgan fingerprint density at radius 3 is 2.33 bits per heavy atom. The summed E-state index contributed by atoms with van der Waals surface area (Å²) >= 11 is 0. The van der Waals surface area contributed by atoms with Crippen LogP contribution in [-0.2, 0) is 14.2 Å². The lowest BCUT2D eigenvalue weighted by molar-refractivity contribution is 0.0689. The number of hydrogen-bond donors (Lipinski definition) is 2. The maximum atomic E-state index is 5.41. The summed E-state index contributed by atoms with van der Waals surface area (Å²) in [6.07, 6.45) is 3.05. The average molecular weight is 417 g/mol. The Kier molecular flexibility index (Phi) is 21.9. The molecule has 0 aromatic rings. The summed E-state index contributed by atoms with van der Waals surface area (Å²) in [6, 6.07) is 0. The molecule has 0 rings (SSSR count). The highest BCUT2D eigenvalue weighted by Crippen LogP contribution is 1.89. The number of halogens is 1. The standard InChI is InChI=1S/C14H31N3O3.HI/c1-4-15-14(17-9-7-10-18-2)16-8-5-6-11-20-13-12-19-3;/h4-13H2,1-3H3,(H2,15,16,17);1H. The Morgan fingerprint density at radius 1 is 0.905 bits per heavy atom. The van der Waals surface area contributed by atoms with Crippen LogP contribution in [0.5, 0.6) is 0 Å². The molecule has 0 aliphatic carbocycles. The van der Waals surface area contributed by atoms with E-state index in [1.54, 1.807) is 14.2 Å². The lowest BCUT2D eigenvalue weighted by Gasteiger charge is -2.11. The van der Waals surface area contributed by atoms with E-state index in [2.05, 4.69) is 22.5 Å². The summed E-state index contributed by atoms with van der Waals surface area (Å²) in [4.78, 5) is 4.48. The van der Waals surface area contributed by atoms with E-state index in [0.29, 0.717) is 13.2 Å². The molecule has 0 unspecified atom stereocenters. The average Bonchev–Trinajstić information content (AvgIpc) is 2.46. The van der Waals surface area contributed by atoms with Crippen LogP contribution in [0.15, 0.2) is 4.99 Å². The highest BCUT2D eigenvalue weighted by molar-refractivity contribution is 14.0. The maximum Gasteiger partial charge on any atom is 0.191 e. The van der Waals surface area contributed by atoms with Gasteiger partial charge in [0.15, 0.2) is 5.96 Å². The fourth-order valence-electron chi connectivity index (χ4n) is 1.52. The monoisotopic (exact) mass is 417 g/mol. The molecule has 0 radical (unpaired) electrons. The Balaban J connectivity index is 0. The first-order valence-electron chi connectivity index (χ1n) is 7.43. The fourth-order valence-corrected chi connectivity index (χ4v) is 1.52. The van der Waals surface area contributed by atoms with Crippen molar-refractivity contribution in [3.63, 3.8) is 0 Å². The van der Waals surface area contributed by atoms with Crippen molar-refractivity contribution in [1.29, 1.82) is 0 Å². The summed E-state index contributed by atoms with van der Waals surface area (Å²) in [5.41, 5.74) is 0. The molecule has 0 aromatic heterocycles. The molecule has 0 aromatic carbocycles. The summed E-state index contributed by atoms with van der Waals surface area (Å²) in [5, 5.41) is 6.55. The minimum atomic E-state index is 0. The first-order valence-corrected chi connectivity index (χ1v) is 7.43. The van der Waals surface area contributed by atoms with Crippen molar-refractivity contribution in [1.82, 2.24) is 10.6 Å². The quantitative estimate of drug-likeness (QED) is 0.207. The normalized spacial score (nSPS) is 11.1. The van der Waals surface area contributed by atoms with E-state index in [9.17, 15) is 0 Å². The van der Waals surface area contributed by atoms with Crippen LogP contribution >= 0.6 is 24.0 Å². The van der Waals surface area contributed by atoms with Crippen LogP contribution in [0.3, 0.4) is 0 Å². The van der Waals surface area contributed by atoms with Crippen molar-refractivity contribution in [2.75, 3.05) is 60.3 Å². The summed E-state index contributed by atoms with van der Waals surface area (Å²) in [6.45, 7) is 7.50. The van der Waals surface area contributed by atoms with Gasteiger partial charge in [-0.15, -0.1) is 24.0 Å². The van der Waals surface area contributed by atoms with E-state index >= 15 is 0 Å². The molecule has 0 aliphatic rings. The van der Waals surface area contributed by atoms with Gasteiger partial charge in [-0.3, -0.25) is 4.99 Å². The van der Waals surface area contributed by atoms with E-state index in [1.165, 1.54) is 0 Å². The van der Waals surface area contributed by atoms with Gasteiger partial charge in [0, 0.05) is 47.1 Å². The molecule has 0 atom stereocenters. The molecular weight excluding hydrogens is 385 g/mol. The molecule has 128 valence electrons. The molecular formula is C14H32IN3O3. The molecule has 6 nitrogen and oxygen atoms in total. The molecule has 0 saturated carbocycles. The fraction of sp³-hybridized carbons (Fsp3) is 0.929. The number of nitrogens with one attached hydrogen (secondary N) is 2. The smallest absolute Gasteiger partial charge is 0.191 e. The van der Waals surface area contributed by atoms with Crippen LogP contribution in [0.1, 0.15) is 26.2 Å². The SMILES string of the molecule is CCNC(=NCCCOC)NCCCCOCCOC.I. The minimum absolute atomic E-state index is 0. The molecule has 0 saturated heterocycles. The zero-order valence-corrected chi connectivity index (χ0v) is 16.0. The second-order valence-corrected chi connectivity index (χ2v) is 4.35. The van der Waals surface area contributed by atoms with Gasteiger partial charge in [0.25, 0.3) is 0 Å². The van der Waals surface area contributed by atoms with Gasteiger partial charge in [0.2, 0.25) is 0 Å². The summed E-state index contributed by atoms with van der Waals surface area (Å²) in [5.74, 6) is 0.879. The first-order chi connectivity index (χ1) is 9.85. The molecule has 0 spiro atoms. The van der Waals surface area contributed by atoms with Crippen molar-refractivity contribution >= 4 is 29.9 Å². The molecule has 0 heterocycles. The van der Waals surface area contributed by atoms with Gasteiger partial charge < -0.3 is 24.8 Å². The van der Waals surface area contributed by atoms with Crippen molar-refractivity contribution in [2.45, 2.75) is 26.2 Å². The van der Waals surface area contributed by atoms with Crippen LogP contribution in [-0.4, -0.2) is 66.2 Å². The van der Waals surface area contributed by atoms with Crippen LogP contribution in [0.25, 0.3) is 0 Å². The van der Waals surface area contributed by atoms with E-state index < -0.39 is 0 Å². The van der Waals surface area contributed by atoms with Crippen molar-refractivity contribution < 1.29 is 14.2 Å². The molecule has 0 amide bonds. The molecule has 7 heteroatoms. The van der Waals surface area contributed by atoms with Gasteiger partial charge in [0.05, 0.1) is 13.2 Å². The zero-order chi connectivity index (χ0) is 14.9. The number of methoxy groups -OCH3 is 2. The van der Waals surface area contributed by atoms with E-state index in [4.69, 9.17) is 14.2 Å². The number of guanidine groups is 1. The molecule has 2 N–H and O–H groups in total. The van der Waals surface area contributed by atoms with Gasteiger partial charge in [-0.05, 0) is 26.2 Å². The number of aliphatic imine (C=N–C) groups is 1. The predicted octanol–water partition coefficient (Wildman–Crippen LogP) is 1.64. The Morgan fingerprint density at radius 2 is 1.67 bits per heavy atom. The maximum absolute atomic E-state index is 5.41. The largest absolute Gasteiger partial charge is 0.385 e. The van der Waals surface area contributed by atoms with Crippen LogP contribution < -0.4 is 10.6 Å². The highest BCUT2D eigenvalue weighted by atomic mass is 127. The van der Waals surface area contributed by atoms with Gasteiger partial charge in [-0.2, -0.15) is 0 Å². The summed E-state index contributed by atoms with van der Waals surface area (Å²) in [7, 11) is 3.39. The lowest BCUT2D eigenvalue weighted by atomic mass is 10.3.